The van der Waals surface area contributed by atoms with Crippen LogP contribution in [0.15, 0.2) is 0 Å². The molecule has 2 N–H and O–H groups in total. The fraction of sp³-hybridized carbons (Fsp3) is 0.600. The van der Waals surface area contributed by atoms with Gasteiger partial charge in [0.25, 0.3) is 0 Å². The summed E-state index contributed by atoms with van der Waals surface area (Å²) in [6.07, 6.45) is 0.647. The molecule has 0 bridgehead atoms. The molecule has 0 aromatic carbocycles. The highest BCUT2D eigenvalue weighted by molar-refractivity contribution is 6.38. The lowest BCUT2D eigenvalue weighted by molar-refractivity contribution is 0.239. The van der Waals surface area contributed by atoms with Crippen LogP contribution in [0, 0.1) is 10.8 Å². The number of rotatable bonds is 0. The van der Waals surface area contributed by atoms with Gasteiger partial charge in [0, 0.05) is 6.42 Å². The molecular weight excluding hydrogens is 104 g/mol. The summed E-state index contributed by atoms with van der Waals surface area (Å²) in [5.74, 6) is 0.0394. The highest BCUT2D eigenvalue weighted by Crippen LogP contribution is 2.08. The lowest BCUT2D eigenvalue weighted by Crippen LogP contribution is -2.02. The molecule has 8 heavy (non-hydrogen) atoms. The highest BCUT2D eigenvalue weighted by Gasteiger charge is 2.21. The van der Waals surface area contributed by atoms with Crippen LogP contribution in [0.2, 0.25) is 0 Å². The van der Waals surface area contributed by atoms with E-state index in [0.717, 1.165) is 0 Å². The summed E-state index contributed by atoms with van der Waals surface area (Å²) in [6.45, 7) is 1.86. The van der Waals surface area contributed by atoms with Gasteiger partial charge < -0.3 is 4.74 Å². The van der Waals surface area contributed by atoms with Crippen molar-refractivity contribution in [1.29, 1.82) is 10.8 Å². The molecule has 1 rings (SSSR count). The van der Waals surface area contributed by atoms with E-state index in [1.54, 1.807) is 0 Å². The van der Waals surface area contributed by atoms with E-state index >= 15 is 0 Å². The van der Waals surface area contributed by atoms with Crippen molar-refractivity contribution in [1.82, 2.24) is 0 Å². The number of hydrogen-bond acceptors (Lipinski definition) is 3. The van der Waals surface area contributed by atoms with Crippen LogP contribution in [0.1, 0.15) is 13.3 Å². The van der Waals surface area contributed by atoms with Crippen molar-refractivity contribution < 1.29 is 4.74 Å². The van der Waals surface area contributed by atoms with Crippen LogP contribution in [0.5, 0.6) is 0 Å². The quantitative estimate of drug-likeness (QED) is 0.478. The molecule has 1 unspecified atom stereocenters. The first-order chi connectivity index (χ1) is 3.70. The summed E-state index contributed by atoms with van der Waals surface area (Å²) in [4.78, 5) is 0. The minimum atomic E-state index is 0.0394. The van der Waals surface area contributed by atoms with Gasteiger partial charge in [0.1, 0.15) is 6.10 Å². The second kappa shape index (κ2) is 1.58. The van der Waals surface area contributed by atoms with Gasteiger partial charge in [0.05, 0.1) is 5.71 Å². The lowest BCUT2D eigenvalue weighted by atomic mass is 10.2. The van der Waals surface area contributed by atoms with E-state index in [4.69, 9.17) is 15.6 Å². The number of hydrogen-bond donors (Lipinski definition) is 2. The Kier molecular flexibility index (Phi) is 1.04. The Morgan fingerprint density at radius 2 is 2.25 bits per heavy atom. The second-order valence-corrected chi connectivity index (χ2v) is 1.94. The van der Waals surface area contributed by atoms with Crippen LogP contribution in [-0.2, 0) is 4.74 Å². The van der Waals surface area contributed by atoms with Gasteiger partial charge in [0.15, 0.2) is 0 Å². The minimum Gasteiger partial charge on any atom is -0.473 e. The minimum absolute atomic E-state index is 0.0394. The van der Waals surface area contributed by atoms with Gasteiger partial charge >= 0.3 is 0 Å². The van der Waals surface area contributed by atoms with Crippen LogP contribution in [-0.4, -0.2) is 17.7 Å². The molecule has 0 aliphatic carbocycles. The maximum atomic E-state index is 7.04. The van der Waals surface area contributed by atoms with E-state index in [2.05, 4.69) is 0 Å². The predicted molar refractivity (Wildman–Crippen MR) is 30.6 cm³/mol. The van der Waals surface area contributed by atoms with Crippen LogP contribution < -0.4 is 0 Å². The average Bonchev–Trinajstić information content (AvgIpc) is 1.85. The molecule has 1 fully saturated rings. The highest BCUT2D eigenvalue weighted by atomic mass is 16.5. The SMILES string of the molecule is CC1CC(=N)C(=N)O1. The summed E-state index contributed by atoms with van der Waals surface area (Å²) in [7, 11) is 0. The molecule has 1 atom stereocenters. The van der Waals surface area contributed by atoms with Crippen molar-refractivity contribution >= 4 is 11.6 Å². The van der Waals surface area contributed by atoms with Gasteiger partial charge in [-0.3, -0.25) is 10.8 Å². The molecule has 1 aliphatic heterocycles. The molecule has 0 amide bonds. The molecular formula is C5H8N2O. The van der Waals surface area contributed by atoms with E-state index in [-0.39, 0.29) is 12.0 Å². The Labute approximate surface area is 47.7 Å². The zero-order valence-corrected chi connectivity index (χ0v) is 4.69. The fourth-order valence-corrected chi connectivity index (χ4v) is 0.694. The molecule has 1 saturated heterocycles. The first-order valence-corrected chi connectivity index (χ1v) is 2.53. The molecule has 0 saturated carbocycles. The lowest BCUT2D eigenvalue weighted by Gasteiger charge is -1.96. The third-order valence-electron chi connectivity index (χ3n) is 1.08. The van der Waals surface area contributed by atoms with E-state index in [9.17, 15) is 0 Å². The van der Waals surface area contributed by atoms with Crippen LogP contribution in [0.3, 0.4) is 0 Å². The first kappa shape index (κ1) is 5.28. The van der Waals surface area contributed by atoms with Crippen molar-refractivity contribution in [3.05, 3.63) is 0 Å². The van der Waals surface area contributed by atoms with E-state index < -0.39 is 0 Å². The molecule has 3 heteroatoms. The van der Waals surface area contributed by atoms with Crippen LogP contribution >= 0.6 is 0 Å². The Morgan fingerprint density at radius 1 is 1.62 bits per heavy atom. The van der Waals surface area contributed by atoms with Gasteiger partial charge in [-0.1, -0.05) is 0 Å². The van der Waals surface area contributed by atoms with Gasteiger partial charge in [-0.15, -0.1) is 0 Å². The Hall–Kier alpha value is -0.860. The number of nitrogens with one attached hydrogen (secondary N) is 2. The zero-order valence-electron chi connectivity index (χ0n) is 4.69. The molecule has 0 radical (unpaired) electrons. The fourth-order valence-electron chi connectivity index (χ4n) is 0.694. The normalized spacial score (nSPS) is 28.4. The molecule has 3 nitrogen and oxygen atoms in total. The van der Waals surface area contributed by atoms with Crippen LogP contribution in [0.25, 0.3) is 0 Å². The summed E-state index contributed by atoms with van der Waals surface area (Å²) in [5.41, 5.74) is 0.317. The van der Waals surface area contributed by atoms with Gasteiger partial charge in [-0.25, -0.2) is 0 Å². The smallest absolute Gasteiger partial charge is 0.227 e. The van der Waals surface area contributed by atoms with Crippen molar-refractivity contribution in [2.45, 2.75) is 19.4 Å². The van der Waals surface area contributed by atoms with Gasteiger partial charge in [-0.05, 0) is 6.92 Å². The Balaban J connectivity index is 2.64. The standard InChI is InChI=1S/C5H8N2O/c1-3-2-4(6)5(7)8-3/h3,6-7H,2H2,1H3. The summed E-state index contributed by atoms with van der Waals surface area (Å²) < 4.78 is 4.83. The first-order valence-electron chi connectivity index (χ1n) is 2.53. The monoisotopic (exact) mass is 112 g/mol. The van der Waals surface area contributed by atoms with Crippen molar-refractivity contribution in [2.75, 3.05) is 0 Å². The molecule has 0 spiro atoms. The number of ether oxygens (including phenoxy) is 1. The predicted octanol–water partition coefficient (Wildman–Crippen LogP) is 0.792. The molecule has 1 heterocycles. The Morgan fingerprint density at radius 3 is 2.38 bits per heavy atom. The molecule has 1 aliphatic rings. The van der Waals surface area contributed by atoms with Crippen LogP contribution in [0.4, 0.5) is 0 Å². The molecule has 44 valence electrons. The maximum Gasteiger partial charge on any atom is 0.227 e. The Bertz CT molecular complexity index is 125. The topological polar surface area (TPSA) is 56.9 Å². The van der Waals surface area contributed by atoms with E-state index in [1.807, 2.05) is 6.92 Å². The van der Waals surface area contributed by atoms with Gasteiger partial charge in [0.2, 0.25) is 5.90 Å². The van der Waals surface area contributed by atoms with E-state index in [1.165, 1.54) is 0 Å². The largest absolute Gasteiger partial charge is 0.473 e. The van der Waals surface area contributed by atoms with Crippen molar-refractivity contribution in [3.63, 3.8) is 0 Å². The average molecular weight is 112 g/mol. The molecule has 0 aromatic rings. The second-order valence-electron chi connectivity index (χ2n) is 1.94. The molecule has 0 aromatic heterocycles. The zero-order chi connectivity index (χ0) is 6.15. The third-order valence-corrected chi connectivity index (χ3v) is 1.08. The van der Waals surface area contributed by atoms with Gasteiger partial charge in [-0.2, -0.15) is 0 Å². The van der Waals surface area contributed by atoms with Crippen molar-refractivity contribution in [2.24, 2.45) is 0 Å². The summed E-state index contributed by atoms with van der Waals surface area (Å²) >= 11 is 0. The maximum absolute atomic E-state index is 7.04. The van der Waals surface area contributed by atoms with E-state index in [0.29, 0.717) is 12.1 Å². The third kappa shape index (κ3) is 0.710. The van der Waals surface area contributed by atoms with Crippen molar-refractivity contribution in [3.8, 4) is 0 Å². The summed E-state index contributed by atoms with van der Waals surface area (Å²) in [5, 5.41) is 14.0. The summed E-state index contributed by atoms with van der Waals surface area (Å²) in [6, 6.07) is 0.